The number of amides is 1. The minimum atomic E-state index is -0.258. The van der Waals surface area contributed by atoms with Crippen LogP contribution in [-0.2, 0) is 4.79 Å². The number of anilines is 3. The van der Waals surface area contributed by atoms with Crippen molar-refractivity contribution < 1.29 is 4.79 Å². The van der Waals surface area contributed by atoms with Gasteiger partial charge in [0.1, 0.15) is 17.3 Å². The Morgan fingerprint density at radius 2 is 1.94 bits per heavy atom. The van der Waals surface area contributed by atoms with E-state index in [1.807, 2.05) is 48.3 Å². The average Bonchev–Trinajstić information content (AvgIpc) is 3.51. The van der Waals surface area contributed by atoms with Gasteiger partial charge in [0.25, 0.3) is 5.95 Å². The molecular formula is C24H18N10OS. The van der Waals surface area contributed by atoms with Gasteiger partial charge in [0.15, 0.2) is 10.9 Å². The molecule has 11 nitrogen and oxygen atoms in total. The Balaban J connectivity index is 1.51. The lowest BCUT2D eigenvalue weighted by molar-refractivity contribution is -0.114. The third kappa shape index (κ3) is 4.50. The molecule has 0 fully saturated rings. The summed E-state index contributed by atoms with van der Waals surface area (Å²) in [5.41, 5.74) is 2.79. The molecule has 176 valence electrons. The molecule has 1 amide bonds. The zero-order valence-corrected chi connectivity index (χ0v) is 20.0. The van der Waals surface area contributed by atoms with E-state index in [9.17, 15) is 10.1 Å². The van der Waals surface area contributed by atoms with Gasteiger partial charge in [0.2, 0.25) is 5.91 Å². The van der Waals surface area contributed by atoms with E-state index in [-0.39, 0.29) is 23.2 Å². The molecule has 0 bridgehead atoms. The van der Waals surface area contributed by atoms with Gasteiger partial charge < -0.3 is 10.2 Å². The minimum Gasteiger partial charge on any atom is -0.324 e. The number of nitrogens with one attached hydrogen (secondary N) is 1. The largest absolute Gasteiger partial charge is 0.324 e. The van der Waals surface area contributed by atoms with E-state index in [0.717, 1.165) is 21.0 Å². The van der Waals surface area contributed by atoms with Crippen molar-refractivity contribution >= 4 is 55.5 Å². The second-order valence-corrected chi connectivity index (χ2v) is 8.57. The van der Waals surface area contributed by atoms with Gasteiger partial charge in [-0.3, -0.25) is 4.79 Å². The van der Waals surface area contributed by atoms with Crippen molar-refractivity contribution in [3.63, 3.8) is 0 Å². The Morgan fingerprint density at radius 3 is 2.69 bits per heavy atom. The van der Waals surface area contributed by atoms with Crippen molar-refractivity contribution in [3.05, 3.63) is 72.7 Å². The van der Waals surface area contributed by atoms with E-state index in [0.29, 0.717) is 11.4 Å². The first-order valence-corrected chi connectivity index (χ1v) is 11.5. The minimum absolute atomic E-state index is 0.174. The molecule has 12 heteroatoms. The van der Waals surface area contributed by atoms with Crippen LogP contribution in [0.5, 0.6) is 0 Å². The van der Waals surface area contributed by atoms with Crippen LogP contribution in [0.1, 0.15) is 12.5 Å². The predicted octanol–water partition coefficient (Wildman–Crippen LogP) is 5.29. The van der Waals surface area contributed by atoms with Gasteiger partial charge >= 0.3 is 0 Å². The Hall–Kier alpha value is -5.02. The van der Waals surface area contributed by atoms with E-state index in [2.05, 4.69) is 30.6 Å². The van der Waals surface area contributed by atoms with Gasteiger partial charge in [0.05, 0.1) is 22.1 Å². The molecule has 0 aliphatic rings. The van der Waals surface area contributed by atoms with Gasteiger partial charge in [-0.1, -0.05) is 23.5 Å². The van der Waals surface area contributed by atoms with Crippen molar-refractivity contribution in [3.8, 4) is 12.0 Å². The number of fused-ring (bicyclic) bond motifs is 1. The van der Waals surface area contributed by atoms with Crippen molar-refractivity contribution in [2.45, 2.75) is 6.92 Å². The van der Waals surface area contributed by atoms with Crippen molar-refractivity contribution in [1.82, 2.24) is 24.7 Å². The number of rotatable bonds is 6. The predicted molar refractivity (Wildman–Crippen MR) is 136 cm³/mol. The van der Waals surface area contributed by atoms with E-state index < -0.39 is 0 Å². The molecule has 0 aliphatic carbocycles. The number of para-hydroxylation sites is 1. The standard InChI is InChI=1S/C24H18N10OS/c1-15(35)29-20-12-17(33(2)24-30-19-6-3-4-7-21(19)36-24)8-9-18(20)31-32-22-16(13-25)14-28-34(22)23-26-10-5-11-27-23/h3-12,14H,1-2H3,(H,29,35)/b32-31+. The number of azo groups is 1. The SMILES string of the molecule is CC(=O)Nc1cc(N(C)c2nc3ccccc3s2)ccc1/N=N/c1c(C#N)cnn1-c1ncccn1. The summed E-state index contributed by atoms with van der Waals surface area (Å²) < 4.78 is 2.41. The molecule has 2 aromatic carbocycles. The zero-order valence-electron chi connectivity index (χ0n) is 19.2. The summed E-state index contributed by atoms with van der Waals surface area (Å²) in [7, 11) is 1.91. The maximum absolute atomic E-state index is 11.9. The molecule has 0 unspecified atom stereocenters. The van der Waals surface area contributed by atoms with Gasteiger partial charge in [-0.25, -0.2) is 15.0 Å². The van der Waals surface area contributed by atoms with Crippen molar-refractivity contribution in [2.75, 3.05) is 17.3 Å². The number of nitriles is 1. The summed E-state index contributed by atoms with van der Waals surface area (Å²) >= 11 is 1.57. The van der Waals surface area contributed by atoms with Crippen LogP contribution in [0.3, 0.4) is 0 Å². The van der Waals surface area contributed by atoms with E-state index in [1.165, 1.54) is 17.8 Å². The molecule has 3 aromatic heterocycles. The third-order valence-electron chi connectivity index (χ3n) is 5.11. The summed E-state index contributed by atoms with van der Waals surface area (Å²) in [5, 5.41) is 25.8. The van der Waals surface area contributed by atoms with Crippen LogP contribution in [0, 0.1) is 11.3 Å². The summed E-state index contributed by atoms with van der Waals surface area (Å²) in [6.07, 6.45) is 4.49. The molecule has 36 heavy (non-hydrogen) atoms. The number of nitrogens with zero attached hydrogens (tertiary/aromatic N) is 9. The first-order valence-electron chi connectivity index (χ1n) is 10.7. The van der Waals surface area contributed by atoms with Crippen molar-refractivity contribution in [2.24, 2.45) is 10.2 Å². The number of carbonyl (C=O) groups is 1. The number of carbonyl (C=O) groups excluding carboxylic acids is 1. The molecule has 0 radical (unpaired) electrons. The highest BCUT2D eigenvalue weighted by molar-refractivity contribution is 7.22. The summed E-state index contributed by atoms with van der Waals surface area (Å²) in [4.78, 5) is 26.9. The Labute approximate surface area is 209 Å². The van der Waals surface area contributed by atoms with Gasteiger partial charge in [0, 0.05) is 32.1 Å². The number of thiazole rings is 1. The fourth-order valence-electron chi connectivity index (χ4n) is 3.39. The smallest absolute Gasteiger partial charge is 0.252 e. The van der Waals surface area contributed by atoms with Crippen LogP contribution in [0.25, 0.3) is 16.2 Å². The highest BCUT2D eigenvalue weighted by Crippen LogP contribution is 2.36. The molecule has 0 spiro atoms. The molecule has 0 atom stereocenters. The van der Waals surface area contributed by atoms with Crippen LogP contribution in [-0.4, -0.2) is 37.7 Å². The second kappa shape index (κ2) is 9.69. The van der Waals surface area contributed by atoms with E-state index in [4.69, 9.17) is 4.98 Å². The first-order chi connectivity index (χ1) is 17.5. The molecule has 0 aliphatic heterocycles. The number of hydrogen-bond donors (Lipinski definition) is 1. The van der Waals surface area contributed by atoms with Crippen LogP contribution >= 0.6 is 11.3 Å². The maximum Gasteiger partial charge on any atom is 0.252 e. The Bertz CT molecular complexity index is 1600. The Morgan fingerprint density at radius 1 is 1.14 bits per heavy atom. The first kappa shape index (κ1) is 22.8. The van der Waals surface area contributed by atoms with Crippen molar-refractivity contribution in [1.29, 1.82) is 5.26 Å². The van der Waals surface area contributed by atoms with E-state index >= 15 is 0 Å². The quantitative estimate of drug-likeness (QED) is 0.317. The lowest BCUT2D eigenvalue weighted by atomic mass is 10.2. The van der Waals surface area contributed by atoms with Crippen LogP contribution in [0.4, 0.5) is 28.0 Å². The molecular weight excluding hydrogens is 476 g/mol. The molecule has 5 rings (SSSR count). The lowest BCUT2D eigenvalue weighted by Crippen LogP contribution is -2.11. The summed E-state index contributed by atoms with van der Waals surface area (Å²) in [6, 6.07) is 17.0. The third-order valence-corrected chi connectivity index (χ3v) is 6.22. The maximum atomic E-state index is 11.9. The molecule has 3 heterocycles. The van der Waals surface area contributed by atoms with Crippen LogP contribution in [0.2, 0.25) is 0 Å². The molecule has 1 N–H and O–H groups in total. The molecule has 5 aromatic rings. The van der Waals surface area contributed by atoms with Gasteiger partial charge in [-0.15, -0.1) is 10.2 Å². The highest BCUT2D eigenvalue weighted by Gasteiger charge is 2.16. The monoisotopic (exact) mass is 494 g/mol. The lowest BCUT2D eigenvalue weighted by Gasteiger charge is -2.17. The number of hydrogen-bond acceptors (Lipinski definition) is 10. The topological polar surface area (TPSA) is 137 Å². The second-order valence-electron chi connectivity index (χ2n) is 7.56. The Kier molecular flexibility index (Phi) is 6.12. The van der Waals surface area contributed by atoms with Gasteiger partial charge in [-0.05, 0) is 36.4 Å². The molecule has 0 saturated heterocycles. The normalized spacial score (nSPS) is 11.0. The zero-order chi connectivity index (χ0) is 25.1. The van der Waals surface area contributed by atoms with Crippen LogP contribution in [0.15, 0.2) is 77.3 Å². The fraction of sp³-hybridized carbons (Fsp3) is 0.0833. The van der Waals surface area contributed by atoms with E-state index in [1.54, 1.807) is 41.9 Å². The summed E-state index contributed by atoms with van der Waals surface area (Å²) in [6.45, 7) is 1.42. The summed E-state index contributed by atoms with van der Waals surface area (Å²) in [5.74, 6) is 0.169. The fourth-order valence-corrected chi connectivity index (χ4v) is 4.34. The number of aromatic nitrogens is 5. The average molecular weight is 495 g/mol. The highest BCUT2D eigenvalue weighted by atomic mass is 32.1. The van der Waals surface area contributed by atoms with Crippen LogP contribution < -0.4 is 10.2 Å². The number of benzene rings is 2. The van der Waals surface area contributed by atoms with Gasteiger partial charge in [-0.2, -0.15) is 15.0 Å². The molecule has 0 saturated carbocycles.